The highest BCUT2D eigenvalue weighted by Gasteiger charge is 2.39. The molecule has 3 aromatic rings. The molecule has 1 aromatic heterocycles. The van der Waals surface area contributed by atoms with Crippen LogP contribution in [-0.4, -0.2) is 58.1 Å². The van der Waals surface area contributed by atoms with Crippen LogP contribution in [0.1, 0.15) is 32.1 Å². The number of hydrogen-bond donors (Lipinski definition) is 0. The summed E-state index contributed by atoms with van der Waals surface area (Å²) in [4.78, 5) is 33.4. The first-order chi connectivity index (χ1) is 16.4. The van der Waals surface area contributed by atoms with Gasteiger partial charge in [-0.2, -0.15) is 0 Å². The molecule has 2 heterocycles. The molecular formula is C25H27N3O4S2. The summed E-state index contributed by atoms with van der Waals surface area (Å²) in [6.07, 6.45) is 4.44. The fourth-order valence-corrected chi connectivity index (χ4v) is 7.69. The fraction of sp³-hybridized carbons (Fsp3) is 0.400. The first kappa shape index (κ1) is 23.1. The van der Waals surface area contributed by atoms with Crippen LogP contribution in [0.4, 0.5) is 0 Å². The highest BCUT2D eigenvalue weighted by Crippen LogP contribution is 2.30. The largest absolute Gasteiger partial charge is 0.335 e. The lowest BCUT2D eigenvalue weighted by molar-refractivity contribution is -0.132. The molecule has 0 radical (unpaired) electrons. The van der Waals surface area contributed by atoms with Crippen LogP contribution in [0.5, 0.6) is 0 Å². The van der Waals surface area contributed by atoms with Crippen LogP contribution < -0.4 is 5.56 Å². The van der Waals surface area contributed by atoms with Crippen molar-refractivity contribution in [2.75, 3.05) is 17.3 Å². The van der Waals surface area contributed by atoms with Gasteiger partial charge in [-0.1, -0.05) is 54.9 Å². The smallest absolute Gasteiger partial charge is 0.266 e. The lowest BCUT2D eigenvalue weighted by atomic mass is 10.1. The maximum absolute atomic E-state index is 13.5. The molecule has 5 rings (SSSR count). The summed E-state index contributed by atoms with van der Waals surface area (Å²) in [6, 6.07) is 16.3. The Hall–Kier alpha value is -2.65. The third-order valence-electron chi connectivity index (χ3n) is 6.69. The monoisotopic (exact) mass is 497 g/mol. The molecule has 178 valence electrons. The van der Waals surface area contributed by atoms with Crippen LogP contribution in [0.3, 0.4) is 0 Å². The van der Waals surface area contributed by atoms with Gasteiger partial charge in [0.2, 0.25) is 5.91 Å². The molecule has 9 heteroatoms. The molecule has 2 aromatic carbocycles. The Bertz CT molecular complexity index is 1370. The van der Waals surface area contributed by atoms with E-state index in [0.29, 0.717) is 28.2 Å². The molecule has 1 saturated heterocycles. The highest BCUT2D eigenvalue weighted by atomic mass is 32.2. The Balaban J connectivity index is 1.46. The van der Waals surface area contributed by atoms with E-state index in [1.165, 1.54) is 11.8 Å². The zero-order valence-electron chi connectivity index (χ0n) is 18.8. The van der Waals surface area contributed by atoms with Gasteiger partial charge >= 0.3 is 0 Å². The predicted molar refractivity (Wildman–Crippen MR) is 134 cm³/mol. The van der Waals surface area contributed by atoms with E-state index in [1.807, 2.05) is 47.4 Å². The van der Waals surface area contributed by atoms with Gasteiger partial charge in [-0.05, 0) is 43.5 Å². The summed E-state index contributed by atoms with van der Waals surface area (Å²) in [6.45, 7) is 0. The molecule has 1 amide bonds. The summed E-state index contributed by atoms with van der Waals surface area (Å²) < 4.78 is 25.8. The third kappa shape index (κ3) is 4.63. The van der Waals surface area contributed by atoms with Gasteiger partial charge in [-0.25, -0.2) is 13.4 Å². The molecule has 1 saturated carbocycles. The summed E-state index contributed by atoms with van der Waals surface area (Å²) in [5, 5.41) is 0.972. The predicted octanol–water partition coefficient (Wildman–Crippen LogP) is 3.44. The van der Waals surface area contributed by atoms with Crippen LogP contribution in [-0.2, 0) is 14.6 Å². The van der Waals surface area contributed by atoms with Crippen molar-refractivity contribution < 1.29 is 13.2 Å². The van der Waals surface area contributed by atoms with Gasteiger partial charge in [0.15, 0.2) is 15.0 Å². The summed E-state index contributed by atoms with van der Waals surface area (Å²) in [7, 11) is -3.10. The Morgan fingerprint density at radius 3 is 2.41 bits per heavy atom. The van der Waals surface area contributed by atoms with Crippen molar-refractivity contribution in [1.82, 2.24) is 14.5 Å². The van der Waals surface area contributed by atoms with Gasteiger partial charge < -0.3 is 4.90 Å². The minimum absolute atomic E-state index is 0.0445. The lowest BCUT2D eigenvalue weighted by Gasteiger charge is -2.34. The van der Waals surface area contributed by atoms with Gasteiger partial charge in [0.05, 0.1) is 33.8 Å². The number of thioether (sulfide) groups is 1. The minimum Gasteiger partial charge on any atom is -0.335 e. The number of hydrogen-bond acceptors (Lipinski definition) is 6. The average Bonchev–Trinajstić information content (AvgIpc) is 3.48. The third-order valence-corrected chi connectivity index (χ3v) is 9.37. The lowest BCUT2D eigenvalue weighted by Crippen LogP contribution is -2.47. The Labute approximate surface area is 203 Å². The molecule has 34 heavy (non-hydrogen) atoms. The number of rotatable bonds is 6. The molecule has 2 aliphatic rings. The van der Waals surface area contributed by atoms with Crippen molar-refractivity contribution in [3.8, 4) is 5.69 Å². The number of aromatic nitrogens is 2. The van der Waals surface area contributed by atoms with Crippen LogP contribution in [0.15, 0.2) is 64.5 Å². The van der Waals surface area contributed by atoms with Gasteiger partial charge in [0.1, 0.15) is 0 Å². The van der Waals surface area contributed by atoms with Gasteiger partial charge in [0.25, 0.3) is 5.56 Å². The van der Waals surface area contributed by atoms with E-state index >= 15 is 0 Å². The summed E-state index contributed by atoms with van der Waals surface area (Å²) in [5.74, 6) is 0.204. The van der Waals surface area contributed by atoms with E-state index in [9.17, 15) is 18.0 Å². The van der Waals surface area contributed by atoms with E-state index in [1.54, 1.807) is 16.7 Å². The standard InChI is InChI=1S/C25H27N3O4S2/c29-23(27(18-10-4-5-11-18)20-14-15-34(31,32)17-20)16-33-25-26-22-13-7-6-12-21(22)24(30)28(25)19-8-2-1-3-9-19/h1-3,6-9,12-13,18,20H,4-5,10-11,14-17H2. The second-order valence-corrected chi connectivity index (χ2v) is 12.1. The van der Waals surface area contributed by atoms with Crippen LogP contribution in [0, 0.1) is 0 Å². The maximum atomic E-state index is 13.5. The first-order valence-electron chi connectivity index (χ1n) is 11.6. The van der Waals surface area contributed by atoms with Crippen molar-refractivity contribution in [3.05, 3.63) is 65.0 Å². The number of fused-ring (bicyclic) bond motifs is 1. The molecular weight excluding hydrogens is 470 g/mol. The number of benzene rings is 2. The van der Waals surface area contributed by atoms with Crippen molar-refractivity contribution in [2.45, 2.75) is 49.3 Å². The number of sulfone groups is 1. The van der Waals surface area contributed by atoms with E-state index < -0.39 is 9.84 Å². The number of amides is 1. The zero-order chi connectivity index (χ0) is 23.7. The second-order valence-electron chi connectivity index (χ2n) is 8.97. The quantitative estimate of drug-likeness (QED) is 0.383. The normalized spacial score (nSPS) is 20.1. The number of para-hydroxylation sites is 2. The average molecular weight is 498 g/mol. The molecule has 7 nitrogen and oxygen atoms in total. The molecule has 0 N–H and O–H groups in total. The second kappa shape index (κ2) is 9.54. The Kier molecular flexibility index (Phi) is 6.48. The Morgan fingerprint density at radius 1 is 1.00 bits per heavy atom. The topological polar surface area (TPSA) is 89.3 Å². The van der Waals surface area contributed by atoms with E-state index in [0.717, 1.165) is 25.7 Å². The minimum atomic E-state index is -3.10. The zero-order valence-corrected chi connectivity index (χ0v) is 20.4. The van der Waals surface area contributed by atoms with Gasteiger partial charge in [0, 0.05) is 12.1 Å². The van der Waals surface area contributed by atoms with Gasteiger partial charge in [-0.15, -0.1) is 0 Å². The Morgan fingerprint density at radius 2 is 1.71 bits per heavy atom. The van der Waals surface area contributed by atoms with E-state index in [2.05, 4.69) is 0 Å². The van der Waals surface area contributed by atoms with Crippen molar-refractivity contribution >= 4 is 38.4 Å². The number of carbonyl (C=O) groups excluding carboxylic acids is 1. The SMILES string of the molecule is O=C(CSc1nc2ccccc2c(=O)n1-c1ccccc1)N(C1CCCC1)C1CCS(=O)(=O)C1. The number of nitrogens with zero attached hydrogens (tertiary/aromatic N) is 3. The first-order valence-corrected chi connectivity index (χ1v) is 14.5. The molecule has 1 aliphatic carbocycles. The van der Waals surface area contributed by atoms with Crippen LogP contribution in [0.25, 0.3) is 16.6 Å². The fourth-order valence-electron chi connectivity index (χ4n) is 5.10. The van der Waals surface area contributed by atoms with Crippen molar-refractivity contribution in [1.29, 1.82) is 0 Å². The molecule has 2 fully saturated rings. The van der Waals surface area contributed by atoms with E-state index in [-0.39, 0.29) is 40.8 Å². The van der Waals surface area contributed by atoms with Crippen molar-refractivity contribution in [2.24, 2.45) is 0 Å². The molecule has 1 unspecified atom stereocenters. The summed E-state index contributed by atoms with van der Waals surface area (Å²) in [5.41, 5.74) is 1.10. The molecule has 0 spiro atoms. The van der Waals surface area contributed by atoms with Crippen LogP contribution in [0.2, 0.25) is 0 Å². The molecule has 1 aliphatic heterocycles. The number of carbonyl (C=O) groups is 1. The summed E-state index contributed by atoms with van der Waals surface area (Å²) >= 11 is 1.24. The highest BCUT2D eigenvalue weighted by molar-refractivity contribution is 7.99. The van der Waals surface area contributed by atoms with Gasteiger partial charge in [-0.3, -0.25) is 14.2 Å². The van der Waals surface area contributed by atoms with E-state index in [4.69, 9.17) is 4.98 Å². The maximum Gasteiger partial charge on any atom is 0.266 e. The molecule has 1 atom stereocenters. The van der Waals surface area contributed by atoms with Crippen molar-refractivity contribution in [3.63, 3.8) is 0 Å². The van der Waals surface area contributed by atoms with Crippen LogP contribution >= 0.6 is 11.8 Å². The molecule has 0 bridgehead atoms.